The van der Waals surface area contributed by atoms with E-state index in [4.69, 9.17) is 4.74 Å². The number of benzene rings is 2. The van der Waals surface area contributed by atoms with Gasteiger partial charge in [-0.3, -0.25) is 9.69 Å². The first kappa shape index (κ1) is 21.6. The average molecular weight is 430 g/mol. The first-order valence-electron chi connectivity index (χ1n) is 10.9. The molecule has 2 heterocycles. The largest absolute Gasteiger partial charge is 0.497 e. The molecule has 1 saturated heterocycles. The smallest absolute Gasteiger partial charge is 0.257 e. The molecule has 2 aromatic carbocycles. The van der Waals surface area contributed by atoms with Crippen molar-refractivity contribution < 1.29 is 9.53 Å². The van der Waals surface area contributed by atoms with Crippen molar-refractivity contribution in [3.63, 3.8) is 0 Å². The van der Waals surface area contributed by atoms with Gasteiger partial charge < -0.3 is 9.64 Å². The highest BCUT2D eigenvalue weighted by molar-refractivity contribution is 5.95. The van der Waals surface area contributed by atoms with E-state index in [1.165, 1.54) is 0 Å². The number of nitrogens with zero attached hydrogens (tertiary/aromatic N) is 5. The lowest BCUT2D eigenvalue weighted by molar-refractivity contribution is 0.0605. The fourth-order valence-electron chi connectivity index (χ4n) is 4.19. The van der Waals surface area contributed by atoms with Crippen molar-refractivity contribution in [2.75, 3.05) is 33.3 Å². The number of methoxy groups -OCH3 is 1. The van der Waals surface area contributed by atoms with Crippen LogP contribution in [0.25, 0.3) is 5.69 Å². The zero-order chi connectivity index (χ0) is 22.5. The Balaban J connectivity index is 1.46. The van der Waals surface area contributed by atoms with Crippen LogP contribution in [-0.4, -0.2) is 58.8 Å². The minimum Gasteiger partial charge on any atom is -0.497 e. The highest BCUT2D eigenvalue weighted by Crippen LogP contribution is 2.25. The molecule has 1 aliphatic rings. The zero-order valence-corrected chi connectivity index (χ0v) is 18.4. The molecule has 164 valence electrons. The molecule has 0 saturated carbocycles. The van der Waals surface area contributed by atoms with E-state index >= 15 is 0 Å². The van der Waals surface area contributed by atoms with Gasteiger partial charge in [-0.25, -0.2) is 4.68 Å². The third-order valence-electron chi connectivity index (χ3n) is 5.96. The van der Waals surface area contributed by atoms with E-state index in [0.717, 1.165) is 22.7 Å². The molecular formula is C25H27N5O2. The molecular weight excluding hydrogens is 402 g/mol. The number of aromatic nitrogens is 2. The molecule has 0 spiro atoms. The number of hydrogen-bond acceptors (Lipinski definition) is 5. The number of piperazine rings is 1. The van der Waals surface area contributed by atoms with E-state index in [1.807, 2.05) is 71.1 Å². The highest BCUT2D eigenvalue weighted by atomic mass is 16.5. The summed E-state index contributed by atoms with van der Waals surface area (Å²) in [4.78, 5) is 17.3. The molecule has 0 N–H and O–H groups in total. The van der Waals surface area contributed by atoms with Gasteiger partial charge in [-0.15, -0.1) is 0 Å². The van der Waals surface area contributed by atoms with Gasteiger partial charge in [-0.1, -0.05) is 37.3 Å². The van der Waals surface area contributed by atoms with Gasteiger partial charge in [-0.05, 0) is 36.2 Å². The van der Waals surface area contributed by atoms with Gasteiger partial charge >= 0.3 is 0 Å². The van der Waals surface area contributed by atoms with Gasteiger partial charge in [0, 0.05) is 26.2 Å². The summed E-state index contributed by atoms with van der Waals surface area (Å²) in [5, 5.41) is 14.3. The summed E-state index contributed by atoms with van der Waals surface area (Å²) in [6, 6.07) is 19.5. The Kier molecular flexibility index (Phi) is 6.52. The van der Waals surface area contributed by atoms with Gasteiger partial charge in [0.1, 0.15) is 11.8 Å². The predicted octanol–water partition coefficient (Wildman–Crippen LogP) is 3.47. The van der Waals surface area contributed by atoms with Gasteiger partial charge in [0.25, 0.3) is 5.91 Å². The minimum atomic E-state index is -0.342. The Hall–Kier alpha value is -3.63. The maximum Gasteiger partial charge on any atom is 0.257 e. The fraction of sp³-hybridized carbons (Fsp3) is 0.320. The van der Waals surface area contributed by atoms with Crippen LogP contribution in [0, 0.1) is 11.3 Å². The van der Waals surface area contributed by atoms with Crippen molar-refractivity contribution in [2.45, 2.75) is 19.4 Å². The van der Waals surface area contributed by atoms with Crippen LogP contribution in [0.1, 0.15) is 34.6 Å². The summed E-state index contributed by atoms with van der Waals surface area (Å²) < 4.78 is 7.06. The van der Waals surface area contributed by atoms with E-state index in [9.17, 15) is 10.1 Å². The molecule has 3 aromatic rings. The molecule has 1 atom stereocenters. The fourth-order valence-corrected chi connectivity index (χ4v) is 4.19. The van der Waals surface area contributed by atoms with Gasteiger partial charge in [0.2, 0.25) is 0 Å². The molecule has 1 fully saturated rings. The number of amides is 1. The van der Waals surface area contributed by atoms with Crippen LogP contribution in [0.4, 0.5) is 0 Å². The summed E-state index contributed by atoms with van der Waals surface area (Å²) in [7, 11) is 1.63. The first-order chi connectivity index (χ1) is 15.7. The molecule has 0 bridgehead atoms. The summed E-state index contributed by atoms with van der Waals surface area (Å²) in [5.74, 6) is 0.769. The van der Waals surface area contributed by atoms with Crippen LogP contribution < -0.4 is 4.74 Å². The topological polar surface area (TPSA) is 74.4 Å². The second kappa shape index (κ2) is 9.67. The van der Waals surface area contributed by atoms with Gasteiger partial charge in [0.15, 0.2) is 0 Å². The third-order valence-corrected chi connectivity index (χ3v) is 5.96. The van der Waals surface area contributed by atoms with E-state index in [1.54, 1.807) is 13.3 Å². The van der Waals surface area contributed by atoms with Crippen LogP contribution in [0.5, 0.6) is 5.75 Å². The molecule has 7 nitrogen and oxygen atoms in total. The highest BCUT2D eigenvalue weighted by Gasteiger charge is 2.29. The van der Waals surface area contributed by atoms with Crippen molar-refractivity contribution >= 4 is 5.91 Å². The number of hydrogen-bond donors (Lipinski definition) is 0. The third kappa shape index (κ3) is 4.23. The number of para-hydroxylation sites is 1. The first-order valence-corrected chi connectivity index (χ1v) is 10.9. The van der Waals surface area contributed by atoms with Crippen molar-refractivity contribution in [1.29, 1.82) is 5.26 Å². The molecule has 7 heteroatoms. The van der Waals surface area contributed by atoms with Crippen molar-refractivity contribution in [1.82, 2.24) is 19.6 Å². The molecule has 1 aliphatic heterocycles. The van der Waals surface area contributed by atoms with Gasteiger partial charge in [-0.2, -0.15) is 10.4 Å². The average Bonchev–Trinajstić information content (AvgIpc) is 3.29. The van der Waals surface area contributed by atoms with Crippen LogP contribution in [0.2, 0.25) is 0 Å². The summed E-state index contributed by atoms with van der Waals surface area (Å²) >= 11 is 0. The number of rotatable bonds is 6. The Morgan fingerprint density at radius 2 is 1.78 bits per heavy atom. The maximum atomic E-state index is 13.3. The van der Waals surface area contributed by atoms with Crippen LogP contribution in [0.3, 0.4) is 0 Å². The van der Waals surface area contributed by atoms with Gasteiger partial charge in [0.05, 0.1) is 36.3 Å². The molecule has 32 heavy (non-hydrogen) atoms. The normalized spacial score (nSPS) is 15.2. The summed E-state index contributed by atoms with van der Waals surface area (Å²) in [6.45, 7) is 4.48. The molecule has 0 aliphatic carbocycles. The monoisotopic (exact) mass is 429 g/mol. The second-order valence-electron chi connectivity index (χ2n) is 7.74. The van der Waals surface area contributed by atoms with Crippen LogP contribution in [-0.2, 0) is 6.42 Å². The molecule has 0 radical (unpaired) electrons. The van der Waals surface area contributed by atoms with Crippen molar-refractivity contribution in [3.05, 3.63) is 77.6 Å². The molecule has 1 amide bonds. The Morgan fingerprint density at radius 1 is 1.09 bits per heavy atom. The number of carbonyl (C=O) groups is 1. The minimum absolute atomic E-state index is 0.00152. The van der Waals surface area contributed by atoms with Crippen molar-refractivity contribution in [2.24, 2.45) is 0 Å². The predicted molar refractivity (Wildman–Crippen MR) is 122 cm³/mol. The van der Waals surface area contributed by atoms with Crippen LogP contribution >= 0.6 is 0 Å². The second-order valence-corrected chi connectivity index (χ2v) is 7.74. The summed E-state index contributed by atoms with van der Waals surface area (Å²) in [6.07, 6.45) is 2.39. The van der Waals surface area contributed by atoms with E-state index in [2.05, 4.69) is 16.1 Å². The standard InChI is InChI=1S/C25H27N5O2/c1-3-23-22(18-27-30(23)20-7-5-4-6-8-20)25(31)29-15-13-28(14-16-29)24(17-26)19-9-11-21(32-2)12-10-19/h4-12,18,24H,3,13-16H2,1-2H3. The summed E-state index contributed by atoms with van der Waals surface area (Å²) in [5.41, 5.74) is 3.45. The Morgan fingerprint density at radius 3 is 2.38 bits per heavy atom. The molecule has 4 rings (SSSR count). The Labute approximate surface area is 188 Å². The van der Waals surface area contributed by atoms with E-state index in [0.29, 0.717) is 38.2 Å². The zero-order valence-electron chi connectivity index (χ0n) is 18.4. The number of nitriles is 1. The van der Waals surface area contributed by atoms with E-state index < -0.39 is 0 Å². The maximum absolute atomic E-state index is 13.3. The number of ether oxygens (including phenoxy) is 1. The van der Waals surface area contributed by atoms with E-state index in [-0.39, 0.29) is 11.9 Å². The lowest BCUT2D eigenvalue weighted by Gasteiger charge is -2.37. The van der Waals surface area contributed by atoms with Crippen molar-refractivity contribution in [3.8, 4) is 17.5 Å². The SMILES string of the molecule is CCc1c(C(=O)N2CCN(C(C#N)c3ccc(OC)cc3)CC2)cnn1-c1ccccc1. The Bertz CT molecular complexity index is 1090. The lowest BCUT2D eigenvalue weighted by atomic mass is 10.1. The van der Waals surface area contributed by atoms with Crippen LogP contribution in [0.15, 0.2) is 60.8 Å². The quantitative estimate of drug-likeness (QED) is 0.600. The number of carbonyl (C=O) groups excluding carboxylic acids is 1. The molecule has 1 unspecified atom stereocenters. The lowest BCUT2D eigenvalue weighted by Crippen LogP contribution is -2.49. The molecule has 1 aromatic heterocycles.